The second kappa shape index (κ2) is 5.17. The van der Waals surface area contributed by atoms with Crippen LogP contribution in [-0.2, 0) is 4.79 Å². The summed E-state index contributed by atoms with van der Waals surface area (Å²) >= 11 is 0. The first-order chi connectivity index (χ1) is 10.3. The van der Waals surface area contributed by atoms with Gasteiger partial charge in [-0.15, -0.1) is 0 Å². The molecule has 2 aromatic heterocycles. The van der Waals surface area contributed by atoms with Crippen LogP contribution < -0.4 is 0 Å². The molecule has 4 heteroatoms. The molecule has 1 N–H and O–H groups in total. The van der Waals surface area contributed by atoms with Gasteiger partial charge in [0.25, 0.3) is 0 Å². The van der Waals surface area contributed by atoms with Gasteiger partial charge in [0.05, 0.1) is 0 Å². The maximum atomic E-state index is 12.4. The first-order valence-electron chi connectivity index (χ1n) is 8.04. The molecule has 0 radical (unpaired) electrons. The SMILES string of the molecule is O=C(C1CCC1)N1CCC[C@@H](c2cc3cccnc3[nH]2)C1. The summed E-state index contributed by atoms with van der Waals surface area (Å²) in [5.41, 5.74) is 2.18. The number of rotatable bonds is 2. The van der Waals surface area contributed by atoms with E-state index >= 15 is 0 Å². The Morgan fingerprint density at radius 3 is 2.95 bits per heavy atom. The van der Waals surface area contributed by atoms with Gasteiger partial charge in [-0.25, -0.2) is 4.98 Å². The molecule has 2 aromatic rings. The lowest BCUT2D eigenvalue weighted by atomic mass is 9.83. The van der Waals surface area contributed by atoms with Gasteiger partial charge in [-0.05, 0) is 43.9 Å². The Hall–Kier alpha value is -1.84. The number of nitrogens with zero attached hydrogens (tertiary/aromatic N) is 2. The Morgan fingerprint density at radius 2 is 2.19 bits per heavy atom. The topological polar surface area (TPSA) is 49.0 Å². The van der Waals surface area contributed by atoms with Gasteiger partial charge in [0.1, 0.15) is 5.65 Å². The summed E-state index contributed by atoms with van der Waals surface area (Å²) < 4.78 is 0. The number of likely N-dealkylation sites (tertiary alicyclic amines) is 1. The van der Waals surface area contributed by atoms with Gasteiger partial charge in [-0.3, -0.25) is 4.79 Å². The van der Waals surface area contributed by atoms with Crippen LogP contribution in [0.25, 0.3) is 11.0 Å². The molecule has 0 spiro atoms. The third-order valence-electron chi connectivity index (χ3n) is 5.04. The number of piperidine rings is 1. The number of pyridine rings is 1. The van der Waals surface area contributed by atoms with Crippen LogP contribution in [0.5, 0.6) is 0 Å². The zero-order chi connectivity index (χ0) is 14.2. The van der Waals surface area contributed by atoms with E-state index in [1.165, 1.54) is 12.1 Å². The van der Waals surface area contributed by atoms with E-state index in [9.17, 15) is 4.79 Å². The molecule has 2 aliphatic rings. The first-order valence-corrected chi connectivity index (χ1v) is 8.04. The number of aromatic nitrogens is 2. The summed E-state index contributed by atoms with van der Waals surface area (Å²) in [6, 6.07) is 6.25. The summed E-state index contributed by atoms with van der Waals surface area (Å²) in [4.78, 5) is 22.3. The Kier molecular flexibility index (Phi) is 3.17. The van der Waals surface area contributed by atoms with Crippen LogP contribution in [0, 0.1) is 5.92 Å². The first kappa shape index (κ1) is 12.9. The van der Waals surface area contributed by atoms with Gasteiger partial charge < -0.3 is 9.88 Å². The van der Waals surface area contributed by atoms with Crippen molar-refractivity contribution >= 4 is 16.9 Å². The number of carbonyl (C=O) groups excluding carboxylic acids is 1. The van der Waals surface area contributed by atoms with Gasteiger partial charge in [-0.2, -0.15) is 0 Å². The minimum absolute atomic E-state index is 0.313. The van der Waals surface area contributed by atoms with Crippen LogP contribution in [0.1, 0.15) is 43.7 Å². The van der Waals surface area contributed by atoms with Crippen molar-refractivity contribution in [3.63, 3.8) is 0 Å². The molecule has 110 valence electrons. The average Bonchev–Trinajstić information content (AvgIpc) is 2.89. The molecule has 1 amide bonds. The Bertz CT molecular complexity index is 626. The number of H-pyrrole nitrogens is 1. The summed E-state index contributed by atoms with van der Waals surface area (Å²) in [6.45, 7) is 1.80. The minimum Gasteiger partial charge on any atom is -0.343 e. The molecule has 2 fully saturated rings. The lowest BCUT2D eigenvalue weighted by Gasteiger charge is -2.37. The minimum atomic E-state index is 0.313. The summed E-state index contributed by atoms with van der Waals surface area (Å²) in [6.07, 6.45) is 7.48. The zero-order valence-corrected chi connectivity index (χ0v) is 12.2. The van der Waals surface area contributed by atoms with Gasteiger partial charge in [0.15, 0.2) is 0 Å². The van der Waals surface area contributed by atoms with Crippen molar-refractivity contribution < 1.29 is 4.79 Å². The van der Waals surface area contributed by atoms with Crippen LogP contribution in [0.2, 0.25) is 0 Å². The molecule has 1 saturated heterocycles. The molecule has 21 heavy (non-hydrogen) atoms. The molecule has 0 bridgehead atoms. The predicted octanol–water partition coefficient (Wildman–Crippen LogP) is 3.07. The van der Waals surface area contributed by atoms with Crippen LogP contribution in [0.3, 0.4) is 0 Å². The van der Waals surface area contributed by atoms with Crippen LogP contribution in [0.4, 0.5) is 0 Å². The quantitative estimate of drug-likeness (QED) is 0.920. The van der Waals surface area contributed by atoms with Crippen molar-refractivity contribution in [2.45, 2.75) is 38.0 Å². The molecule has 1 aliphatic carbocycles. The van der Waals surface area contributed by atoms with Crippen molar-refractivity contribution in [3.8, 4) is 0 Å². The summed E-state index contributed by atoms with van der Waals surface area (Å²) in [7, 11) is 0. The van der Waals surface area contributed by atoms with Crippen molar-refractivity contribution in [2.24, 2.45) is 5.92 Å². The maximum absolute atomic E-state index is 12.4. The van der Waals surface area contributed by atoms with Crippen molar-refractivity contribution in [1.82, 2.24) is 14.9 Å². The highest BCUT2D eigenvalue weighted by atomic mass is 16.2. The second-order valence-electron chi connectivity index (χ2n) is 6.42. The average molecular weight is 283 g/mol. The fraction of sp³-hybridized carbons (Fsp3) is 0.529. The highest BCUT2D eigenvalue weighted by Crippen LogP contribution is 2.33. The smallest absolute Gasteiger partial charge is 0.225 e. The second-order valence-corrected chi connectivity index (χ2v) is 6.42. The van der Waals surface area contributed by atoms with Crippen molar-refractivity contribution in [3.05, 3.63) is 30.1 Å². The normalized spacial score (nSPS) is 23.2. The van der Waals surface area contributed by atoms with Crippen molar-refractivity contribution in [2.75, 3.05) is 13.1 Å². The number of amides is 1. The van der Waals surface area contributed by atoms with E-state index in [1.54, 1.807) is 0 Å². The van der Waals surface area contributed by atoms with Crippen LogP contribution in [0.15, 0.2) is 24.4 Å². The largest absolute Gasteiger partial charge is 0.343 e. The molecule has 4 rings (SSSR count). The molecular weight excluding hydrogens is 262 g/mol. The van der Waals surface area contributed by atoms with E-state index in [1.807, 2.05) is 12.3 Å². The number of hydrogen-bond donors (Lipinski definition) is 1. The molecule has 1 atom stereocenters. The lowest BCUT2D eigenvalue weighted by Crippen LogP contribution is -2.44. The monoisotopic (exact) mass is 283 g/mol. The molecule has 1 saturated carbocycles. The van der Waals surface area contributed by atoms with Crippen LogP contribution >= 0.6 is 0 Å². The summed E-state index contributed by atoms with van der Waals surface area (Å²) in [5.74, 6) is 1.13. The molecule has 0 aromatic carbocycles. The van der Waals surface area contributed by atoms with Crippen LogP contribution in [-0.4, -0.2) is 33.9 Å². The molecule has 3 heterocycles. The number of fused-ring (bicyclic) bond motifs is 1. The highest BCUT2D eigenvalue weighted by molar-refractivity contribution is 5.80. The third kappa shape index (κ3) is 2.33. The number of nitrogens with one attached hydrogen (secondary N) is 1. The number of aromatic amines is 1. The number of carbonyl (C=O) groups is 1. The molecule has 1 aliphatic heterocycles. The fourth-order valence-corrected chi connectivity index (χ4v) is 3.54. The Morgan fingerprint density at radius 1 is 1.29 bits per heavy atom. The molecule has 4 nitrogen and oxygen atoms in total. The van der Waals surface area contributed by atoms with Gasteiger partial charge in [-0.1, -0.05) is 6.42 Å². The van der Waals surface area contributed by atoms with E-state index in [4.69, 9.17) is 0 Å². The van der Waals surface area contributed by atoms with E-state index in [-0.39, 0.29) is 0 Å². The Labute approximate surface area is 124 Å². The highest BCUT2D eigenvalue weighted by Gasteiger charge is 2.32. The third-order valence-corrected chi connectivity index (χ3v) is 5.04. The summed E-state index contributed by atoms with van der Waals surface area (Å²) in [5, 5.41) is 1.16. The Balaban J connectivity index is 1.53. The van der Waals surface area contributed by atoms with E-state index in [2.05, 4.69) is 27.0 Å². The predicted molar refractivity (Wildman–Crippen MR) is 82.0 cm³/mol. The van der Waals surface area contributed by atoms with E-state index in [0.717, 1.165) is 49.8 Å². The van der Waals surface area contributed by atoms with E-state index < -0.39 is 0 Å². The van der Waals surface area contributed by atoms with Gasteiger partial charge in [0.2, 0.25) is 5.91 Å². The fourth-order valence-electron chi connectivity index (χ4n) is 3.54. The zero-order valence-electron chi connectivity index (χ0n) is 12.2. The molecule has 0 unspecified atom stereocenters. The van der Waals surface area contributed by atoms with Gasteiger partial charge >= 0.3 is 0 Å². The van der Waals surface area contributed by atoms with Gasteiger partial charge in [0, 0.05) is 42.2 Å². The lowest BCUT2D eigenvalue weighted by molar-refractivity contribution is -0.139. The maximum Gasteiger partial charge on any atom is 0.225 e. The molecular formula is C17H21N3O. The van der Waals surface area contributed by atoms with Crippen molar-refractivity contribution in [1.29, 1.82) is 0 Å². The number of hydrogen-bond acceptors (Lipinski definition) is 2. The van der Waals surface area contributed by atoms with E-state index in [0.29, 0.717) is 17.7 Å². The standard InChI is InChI=1S/C17H21N3O/c21-17(12-4-1-5-12)20-9-3-7-14(11-20)15-10-13-6-2-8-18-16(13)19-15/h2,6,8,10,12,14H,1,3-5,7,9,11H2,(H,18,19)/t14-/m1/s1.